The fraction of sp³-hybridized carbons (Fsp3) is 0.812. The maximum absolute atomic E-state index is 13.0. The van der Waals surface area contributed by atoms with E-state index in [-0.39, 0.29) is 36.4 Å². The maximum Gasteiger partial charge on any atom is 0.345 e. The summed E-state index contributed by atoms with van der Waals surface area (Å²) in [6.07, 6.45) is 3.80. The topological polar surface area (TPSA) is 68.9 Å². The Hall–Kier alpha value is -1.73. The van der Waals surface area contributed by atoms with Gasteiger partial charge < -0.3 is 5.32 Å². The van der Waals surface area contributed by atoms with Crippen molar-refractivity contribution in [1.82, 2.24) is 19.7 Å². The van der Waals surface area contributed by atoms with Crippen molar-refractivity contribution in [3.63, 3.8) is 0 Å². The Bertz CT molecular complexity index is 674. The van der Waals surface area contributed by atoms with Crippen LogP contribution in [0.4, 0.5) is 8.78 Å². The number of aryl methyl sites for hydroxylation is 1. The fourth-order valence-electron chi connectivity index (χ4n) is 3.81. The van der Waals surface area contributed by atoms with E-state index >= 15 is 0 Å². The molecule has 2 saturated carbocycles. The van der Waals surface area contributed by atoms with Crippen molar-refractivity contribution in [1.29, 1.82) is 0 Å². The minimum absolute atomic E-state index is 0.0300. The Balaban J connectivity index is 1.64. The molecular formula is C16H24F2N4O2. The van der Waals surface area contributed by atoms with Gasteiger partial charge >= 0.3 is 5.69 Å². The van der Waals surface area contributed by atoms with Crippen LogP contribution in [-0.2, 0) is 25.3 Å². The van der Waals surface area contributed by atoms with Crippen LogP contribution in [0, 0.1) is 11.8 Å². The van der Waals surface area contributed by atoms with Crippen molar-refractivity contribution >= 4 is 5.91 Å². The van der Waals surface area contributed by atoms with E-state index in [1.54, 1.807) is 14.1 Å². The van der Waals surface area contributed by atoms with Gasteiger partial charge in [-0.25, -0.2) is 18.3 Å². The second kappa shape index (κ2) is 6.29. The molecule has 0 aromatic carbocycles. The lowest BCUT2D eigenvalue weighted by atomic mass is 9.78. The molecule has 1 heterocycles. The molecule has 0 unspecified atom stereocenters. The molecule has 24 heavy (non-hydrogen) atoms. The van der Waals surface area contributed by atoms with E-state index in [4.69, 9.17) is 0 Å². The highest BCUT2D eigenvalue weighted by Crippen LogP contribution is 2.42. The minimum Gasteiger partial charge on any atom is -0.353 e. The van der Waals surface area contributed by atoms with Crippen molar-refractivity contribution in [3.8, 4) is 0 Å². The lowest BCUT2D eigenvalue weighted by molar-refractivity contribution is -0.151. The van der Waals surface area contributed by atoms with Crippen LogP contribution in [0.5, 0.6) is 0 Å². The summed E-state index contributed by atoms with van der Waals surface area (Å²) in [5.41, 5.74) is -0.168. The Kier molecular flexibility index (Phi) is 4.48. The molecule has 0 spiro atoms. The molecule has 0 saturated heterocycles. The summed E-state index contributed by atoms with van der Waals surface area (Å²) in [6.45, 7) is 0. The standard InChI is InChI=1S/C16H24F2N4O2/c1-21-13(20-22(2)15(21)24)7-10-5-3-4-6-12(10)19-14(23)11-8-16(17,18)9-11/h10-12H,3-9H2,1-2H3,(H,19,23)/t10-,12-/m1/s1. The number of carbonyl (C=O) groups excluding carboxylic acids is 1. The number of aromatic nitrogens is 3. The molecule has 1 aromatic heterocycles. The summed E-state index contributed by atoms with van der Waals surface area (Å²) < 4.78 is 28.7. The molecule has 6 nitrogen and oxygen atoms in total. The zero-order valence-corrected chi connectivity index (χ0v) is 14.1. The van der Waals surface area contributed by atoms with Crippen LogP contribution < -0.4 is 11.0 Å². The monoisotopic (exact) mass is 342 g/mol. The van der Waals surface area contributed by atoms with Gasteiger partial charge in [0.15, 0.2) is 0 Å². The second-order valence-electron chi connectivity index (χ2n) is 7.21. The Morgan fingerprint density at radius 3 is 2.54 bits per heavy atom. The number of hydrogen-bond acceptors (Lipinski definition) is 3. The van der Waals surface area contributed by atoms with E-state index in [9.17, 15) is 18.4 Å². The largest absolute Gasteiger partial charge is 0.353 e. The van der Waals surface area contributed by atoms with E-state index in [2.05, 4.69) is 10.4 Å². The summed E-state index contributed by atoms with van der Waals surface area (Å²) >= 11 is 0. The molecule has 134 valence electrons. The average molecular weight is 342 g/mol. The molecule has 1 amide bonds. The normalized spacial score (nSPS) is 26.8. The predicted octanol–water partition coefficient (Wildman–Crippen LogP) is 1.38. The highest BCUT2D eigenvalue weighted by molar-refractivity contribution is 5.80. The van der Waals surface area contributed by atoms with E-state index in [1.165, 1.54) is 9.25 Å². The first-order valence-corrected chi connectivity index (χ1v) is 8.54. The summed E-state index contributed by atoms with van der Waals surface area (Å²) in [5, 5.41) is 7.23. The molecule has 1 N–H and O–H groups in total. The van der Waals surface area contributed by atoms with Gasteiger partial charge in [0.2, 0.25) is 11.8 Å². The lowest BCUT2D eigenvalue weighted by Crippen LogP contribution is -2.50. The first kappa shape index (κ1) is 17.1. The number of nitrogens with one attached hydrogen (secondary N) is 1. The van der Waals surface area contributed by atoms with Crippen molar-refractivity contribution < 1.29 is 13.6 Å². The van der Waals surface area contributed by atoms with Gasteiger partial charge in [0.1, 0.15) is 5.82 Å². The van der Waals surface area contributed by atoms with Crippen LogP contribution in [-0.4, -0.2) is 32.2 Å². The van der Waals surface area contributed by atoms with Gasteiger partial charge in [0.05, 0.1) is 0 Å². The van der Waals surface area contributed by atoms with Crippen molar-refractivity contribution in [3.05, 3.63) is 16.3 Å². The molecule has 2 atom stereocenters. The van der Waals surface area contributed by atoms with Crippen LogP contribution in [0.1, 0.15) is 44.3 Å². The number of rotatable bonds is 4. The molecule has 8 heteroatoms. The van der Waals surface area contributed by atoms with Gasteiger partial charge in [-0.2, -0.15) is 5.10 Å². The van der Waals surface area contributed by atoms with Gasteiger partial charge in [-0.3, -0.25) is 9.36 Å². The molecule has 0 aliphatic heterocycles. The molecule has 2 aliphatic carbocycles. The minimum atomic E-state index is -2.68. The first-order chi connectivity index (χ1) is 11.3. The highest BCUT2D eigenvalue weighted by atomic mass is 19.3. The molecule has 0 bridgehead atoms. The Morgan fingerprint density at radius 1 is 1.29 bits per heavy atom. The van der Waals surface area contributed by atoms with Crippen LogP contribution in [0.2, 0.25) is 0 Å². The number of amides is 1. The van der Waals surface area contributed by atoms with E-state index in [1.807, 2.05) is 0 Å². The van der Waals surface area contributed by atoms with Crippen molar-refractivity contribution in [2.75, 3.05) is 0 Å². The summed E-state index contributed by atoms with van der Waals surface area (Å²) in [5.74, 6) is -2.62. The van der Waals surface area contributed by atoms with Gasteiger partial charge in [0.25, 0.3) is 0 Å². The zero-order valence-electron chi connectivity index (χ0n) is 14.1. The third-order valence-corrected chi connectivity index (χ3v) is 5.36. The van der Waals surface area contributed by atoms with Crippen molar-refractivity contribution in [2.45, 2.75) is 56.9 Å². The van der Waals surface area contributed by atoms with Gasteiger partial charge in [-0.1, -0.05) is 12.8 Å². The van der Waals surface area contributed by atoms with Crippen LogP contribution in [0.3, 0.4) is 0 Å². The lowest BCUT2D eigenvalue weighted by Gasteiger charge is -2.37. The van der Waals surface area contributed by atoms with E-state index < -0.39 is 11.8 Å². The molecule has 2 aliphatic rings. The van der Waals surface area contributed by atoms with E-state index in [0.29, 0.717) is 12.2 Å². The Morgan fingerprint density at radius 2 is 1.96 bits per heavy atom. The third kappa shape index (κ3) is 3.37. The SMILES string of the molecule is Cn1nc(C[C@H]2CCCC[C@H]2NC(=O)C2CC(F)(F)C2)n(C)c1=O. The summed E-state index contributed by atoms with van der Waals surface area (Å²) in [4.78, 5) is 24.0. The van der Waals surface area contributed by atoms with Crippen molar-refractivity contribution in [2.24, 2.45) is 25.9 Å². The molecule has 1 aromatic rings. The van der Waals surface area contributed by atoms with Crippen LogP contribution >= 0.6 is 0 Å². The number of halogens is 2. The molecular weight excluding hydrogens is 318 g/mol. The zero-order chi connectivity index (χ0) is 17.5. The molecule has 3 rings (SSSR count). The maximum atomic E-state index is 13.0. The quantitative estimate of drug-likeness (QED) is 0.899. The smallest absolute Gasteiger partial charge is 0.345 e. The predicted molar refractivity (Wildman–Crippen MR) is 83.7 cm³/mol. The summed E-state index contributed by atoms with van der Waals surface area (Å²) in [7, 11) is 3.31. The Labute approximate surface area is 139 Å². The molecule has 0 radical (unpaired) electrons. The number of carbonyl (C=O) groups is 1. The number of alkyl halides is 2. The van der Waals surface area contributed by atoms with Gasteiger partial charge in [-0.15, -0.1) is 0 Å². The average Bonchev–Trinajstić information content (AvgIpc) is 2.74. The fourth-order valence-corrected chi connectivity index (χ4v) is 3.81. The summed E-state index contributed by atoms with van der Waals surface area (Å²) in [6, 6.07) is -0.0300. The first-order valence-electron chi connectivity index (χ1n) is 8.54. The van der Waals surface area contributed by atoms with Gasteiger partial charge in [-0.05, 0) is 18.8 Å². The van der Waals surface area contributed by atoms with Crippen LogP contribution in [0.25, 0.3) is 0 Å². The number of nitrogens with zero attached hydrogens (tertiary/aromatic N) is 3. The van der Waals surface area contributed by atoms with E-state index in [0.717, 1.165) is 25.7 Å². The number of hydrogen-bond donors (Lipinski definition) is 1. The highest BCUT2D eigenvalue weighted by Gasteiger charge is 2.49. The second-order valence-corrected chi connectivity index (χ2v) is 7.21. The molecule has 2 fully saturated rings. The van der Waals surface area contributed by atoms with Crippen LogP contribution in [0.15, 0.2) is 4.79 Å². The third-order valence-electron chi connectivity index (χ3n) is 5.36. The van der Waals surface area contributed by atoms with Gasteiger partial charge in [0, 0.05) is 45.3 Å².